The van der Waals surface area contributed by atoms with Crippen molar-refractivity contribution in [3.63, 3.8) is 0 Å². The van der Waals surface area contributed by atoms with Crippen molar-refractivity contribution in [3.05, 3.63) is 40.1 Å². The molecule has 0 spiro atoms. The molecule has 0 N–H and O–H groups in total. The monoisotopic (exact) mass is 243 g/mol. The number of aryl methyl sites for hydroxylation is 1. The highest BCUT2D eigenvalue weighted by Gasteiger charge is 2.41. The van der Waals surface area contributed by atoms with Gasteiger partial charge in [0, 0.05) is 18.4 Å². The number of ether oxygens (including phenoxy) is 1. The number of hydrogen-bond donors (Lipinski definition) is 0. The minimum absolute atomic E-state index is 0.107. The van der Waals surface area contributed by atoms with E-state index in [4.69, 9.17) is 4.74 Å². The first-order chi connectivity index (χ1) is 8.43. The third-order valence-corrected chi connectivity index (χ3v) is 4.13. The second kappa shape index (κ2) is 3.37. The highest BCUT2D eigenvalue weighted by molar-refractivity contribution is 5.81. The smallest absolute Gasteiger partial charge is 0.201 e. The summed E-state index contributed by atoms with van der Waals surface area (Å²) in [5.74, 6) is 0.826. The number of fused-ring (bicyclic) bond motifs is 2. The van der Waals surface area contributed by atoms with Crippen LogP contribution < -0.4 is 10.2 Å². The molecule has 94 valence electrons. The van der Waals surface area contributed by atoms with Crippen LogP contribution in [-0.2, 0) is 7.05 Å². The van der Waals surface area contributed by atoms with Crippen LogP contribution in [0.5, 0.6) is 5.88 Å². The van der Waals surface area contributed by atoms with Crippen LogP contribution in [0.1, 0.15) is 32.3 Å². The van der Waals surface area contributed by atoms with E-state index < -0.39 is 0 Å². The minimum Gasteiger partial charge on any atom is -0.472 e. The van der Waals surface area contributed by atoms with Crippen LogP contribution >= 0.6 is 0 Å². The first-order valence-corrected chi connectivity index (χ1v) is 6.24. The summed E-state index contributed by atoms with van der Waals surface area (Å²) in [6.07, 6.45) is 0. The van der Waals surface area contributed by atoms with Crippen molar-refractivity contribution in [2.45, 2.75) is 32.3 Å². The Morgan fingerprint density at radius 1 is 1.28 bits per heavy atom. The van der Waals surface area contributed by atoms with Gasteiger partial charge in [0.25, 0.3) is 0 Å². The van der Waals surface area contributed by atoms with E-state index in [0.717, 1.165) is 22.3 Å². The molecule has 0 saturated carbocycles. The topological polar surface area (TPSA) is 31.2 Å². The Kier molecular flexibility index (Phi) is 2.12. The standard InChI is InChI=1S/C15H17NO2/c1-9-12-13(17)10-7-5-6-8-11(10)16(4)14(12)18-15(9,2)3/h5-9H,1-4H3/t9-/m1/s1. The molecule has 2 heterocycles. The number of hydrogen-bond acceptors (Lipinski definition) is 2. The van der Waals surface area contributed by atoms with Gasteiger partial charge in [-0.2, -0.15) is 0 Å². The molecule has 2 aromatic rings. The van der Waals surface area contributed by atoms with Crippen LogP contribution in [-0.4, -0.2) is 10.2 Å². The van der Waals surface area contributed by atoms with E-state index in [1.54, 1.807) is 0 Å². The second-order valence-electron chi connectivity index (χ2n) is 5.55. The fraction of sp³-hybridized carbons (Fsp3) is 0.400. The maximum absolute atomic E-state index is 12.6. The molecular formula is C15H17NO2. The van der Waals surface area contributed by atoms with Gasteiger partial charge in [0.05, 0.1) is 11.1 Å². The van der Waals surface area contributed by atoms with Crippen LogP contribution in [0.2, 0.25) is 0 Å². The molecule has 0 radical (unpaired) electrons. The molecule has 1 atom stereocenters. The van der Waals surface area contributed by atoms with Gasteiger partial charge in [-0.1, -0.05) is 19.1 Å². The van der Waals surface area contributed by atoms with Gasteiger partial charge in [0.1, 0.15) is 5.60 Å². The number of aromatic nitrogens is 1. The van der Waals surface area contributed by atoms with Gasteiger partial charge < -0.3 is 9.30 Å². The Bertz CT molecular complexity index is 697. The predicted molar refractivity (Wildman–Crippen MR) is 72.3 cm³/mol. The molecule has 1 aliphatic heterocycles. The van der Waals surface area contributed by atoms with Crippen LogP contribution in [0.15, 0.2) is 29.1 Å². The molecule has 0 amide bonds. The molecule has 0 bridgehead atoms. The van der Waals surface area contributed by atoms with Crippen molar-refractivity contribution in [2.24, 2.45) is 7.05 Å². The lowest BCUT2D eigenvalue weighted by Gasteiger charge is -2.22. The maximum atomic E-state index is 12.6. The highest BCUT2D eigenvalue weighted by atomic mass is 16.5. The molecular weight excluding hydrogens is 226 g/mol. The molecule has 0 aliphatic carbocycles. The molecule has 1 aliphatic rings. The summed E-state index contributed by atoms with van der Waals surface area (Å²) in [5.41, 5.74) is 1.51. The van der Waals surface area contributed by atoms with Crippen molar-refractivity contribution in [3.8, 4) is 5.88 Å². The molecule has 18 heavy (non-hydrogen) atoms. The summed E-state index contributed by atoms with van der Waals surface area (Å²) in [7, 11) is 1.95. The van der Waals surface area contributed by atoms with E-state index in [1.165, 1.54) is 0 Å². The predicted octanol–water partition coefficient (Wildman–Crippen LogP) is 2.81. The first kappa shape index (κ1) is 11.3. The summed E-state index contributed by atoms with van der Waals surface area (Å²) in [5, 5.41) is 0.770. The summed E-state index contributed by atoms with van der Waals surface area (Å²) >= 11 is 0. The Morgan fingerprint density at radius 2 is 1.94 bits per heavy atom. The Hall–Kier alpha value is -1.77. The Balaban J connectivity index is 2.47. The van der Waals surface area contributed by atoms with Gasteiger partial charge in [0.15, 0.2) is 5.43 Å². The SMILES string of the molecule is C[C@@H]1c2c(n(C)c3ccccc3c2=O)OC1(C)C. The maximum Gasteiger partial charge on any atom is 0.201 e. The number of rotatable bonds is 0. The Morgan fingerprint density at radius 3 is 2.67 bits per heavy atom. The average Bonchev–Trinajstić information content (AvgIpc) is 2.58. The lowest BCUT2D eigenvalue weighted by Crippen LogP contribution is -2.29. The Labute approximate surface area is 106 Å². The normalized spacial score (nSPS) is 20.8. The molecule has 0 fully saturated rings. The van der Waals surface area contributed by atoms with E-state index in [1.807, 2.05) is 49.7 Å². The second-order valence-corrected chi connectivity index (χ2v) is 5.55. The van der Waals surface area contributed by atoms with Crippen LogP contribution in [0.4, 0.5) is 0 Å². The van der Waals surface area contributed by atoms with Gasteiger partial charge >= 0.3 is 0 Å². The van der Waals surface area contributed by atoms with Gasteiger partial charge in [-0.3, -0.25) is 4.79 Å². The molecule has 1 aromatic heterocycles. The zero-order valence-electron chi connectivity index (χ0n) is 11.2. The fourth-order valence-electron chi connectivity index (χ4n) is 2.68. The van der Waals surface area contributed by atoms with Crippen molar-refractivity contribution < 1.29 is 4.74 Å². The largest absolute Gasteiger partial charge is 0.472 e. The molecule has 1 aromatic carbocycles. The average molecular weight is 243 g/mol. The minimum atomic E-state index is -0.323. The summed E-state index contributed by atoms with van der Waals surface area (Å²) in [6.45, 7) is 6.12. The summed E-state index contributed by atoms with van der Waals surface area (Å²) in [4.78, 5) is 12.6. The number of benzene rings is 1. The van der Waals surface area contributed by atoms with Gasteiger partial charge in [0.2, 0.25) is 5.88 Å². The van der Waals surface area contributed by atoms with Gasteiger partial charge in [-0.15, -0.1) is 0 Å². The number of pyridine rings is 1. The molecule has 3 rings (SSSR count). The third kappa shape index (κ3) is 1.27. The van der Waals surface area contributed by atoms with Crippen LogP contribution in [0.3, 0.4) is 0 Å². The van der Waals surface area contributed by atoms with Crippen molar-refractivity contribution in [2.75, 3.05) is 0 Å². The molecule has 3 heteroatoms. The number of para-hydroxylation sites is 1. The van der Waals surface area contributed by atoms with Crippen molar-refractivity contribution in [1.82, 2.24) is 4.57 Å². The first-order valence-electron chi connectivity index (χ1n) is 6.24. The zero-order chi connectivity index (χ0) is 13.1. The van der Waals surface area contributed by atoms with Crippen LogP contribution in [0, 0.1) is 0 Å². The third-order valence-electron chi connectivity index (χ3n) is 4.13. The van der Waals surface area contributed by atoms with E-state index >= 15 is 0 Å². The summed E-state index contributed by atoms with van der Waals surface area (Å²) < 4.78 is 7.97. The quantitative estimate of drug-likeness (QED) is 0.712. The number of nitrogens with zero attached hydrogens (tertiary/aromatic N) is 1. The van der Waals surface area contributed by atoms with Crippen molar-refractivity contribution >= 4 is 10.9 Å². The van der Waals surface area contributed by atoms with Crippen molar-refractivity contribution in [1.29, 1.82) is 0 Å². The van der Waals surface area contributed by atoms with E-state index in [9.17, 15) is 4.79 Å². The van der Waals surface area contributed by atoms with Crippen LogP contribution in [0.25, 0.3) is 10.9 Å². The van der Waals surface area contributed by atoms with E-state index in [2.05, 4.69) is 6.92 Å². The van der Waals surface area contributed by atoms with Gasteiger partial charge in [-0.05, 0) is 26.0 Å². The summed E-state index contributed by atoms with van der Waals surface area (Å²) in [6, 6.07) is 7.69. The molecule has 3 nitrogen and oxygen atoms in total. The lowest BCUT2D eigenvalue weighted by molar-refractivity contribution is 0.107. The molecule has 0 saturated heterocycles. The zero-order valence-corrected chi connectivity index (χ0v) is 11.2. The van der Waals surface area contributed by atoms with Gasteiger partial charge in [-0.25, -0.2) is 0 Å². The van der Waals surface area contributed by atoms with E-state index in [0.29, 0.717) is 0 Å². The lowest BCUT2D eigenvalue weighted by atomic mass is 9.88. The fourth-order valence-corrected chi connectivity index (χ4v) is 2.68. The highest BCUT2D eigenvalue weighted by Crippen LogP contribution is 2.43. The molecule has 0 unspecified atom stereocenters. The van der Waals surface area contributed by atoms with E-state index in [-0.39, 0.29) is 16.9 Å².